The second-order valence-corrected chi connectivity index (χ2v) is 10.1. The molecular weight excluding hydrogens is 360 g/mol. The van der Waals surface area contributed by atoms with E-state index < -0.39 is 15.3 Å². The van der Waals surface area contributed by atoms with Gasteiger partial charge >= 0.3 is 0 Å². The van der Waals surface area contributed by atoms with Crippen molar-refractivity contribution in [2.24, 2.45) is 11.1 Å². The van der Waals surface area contributed by atoms with Crippen molar-refractivity contribution in [2.75, 3.05) is 24.6 Å². The Labute approximate surface area is 165 Å². The number of carbonyl (C=O) groups is 1. The molecule has 0 bridgehead atoms. The molecule has 1 rings (SSSR count). The van der Waals surface area contributed by atoms with Crippen molar-refractivity contribution in [3.63, 3.8) is 0 Å². The lowest BCUT2D eigenvalue weighted by atomic mass is 9.93. The quantitative estimate of drug-likeness (QED) is 0.588. The molecule has 0 spiro atoms. The van der Waals surface area contributed by atoms with Gasteiger partial charge in [-0.25, -0.2) is 8.42 Å². The molecule has 0 unspecified atom stereocenters. The molecule has 154 valence electrons. The second-order valence-electron chi connectivity index (χ2n) is 7.87. The number of sulfone groups is 1. The van der Waals surface area contributed by atoms with Crippen molar-refractivity contribution >= 4 is 15.7 Å². The fourth-order valence-corrected chi connectivity index (χ4v) is 5.27. The largest absolute Gasteiger partial charge is 0.338 e. The van der Waals surface area contributed by atoms with E-state index in [0.29, 0.717) is 32.5 Å². The average Bonchev–Trinajstić information content (AvgIpc) is 2.62. The van der Waals surface area contributed by atoms with Crippen LogP contribution in [0, 0.1) is 5.41 Å². The second kappa shape index (κ2) is 10.8. The number of rotatable bonds is 12. The lowest BCUT2D eigenvalue weighted by molar-refractivity contribution is -0.140. The summed E-state index contributed by atoms with van der Waals surface area (Å²) in [5.41, 5.74) is 6.97. The van der Waals surface area contributed by atoms with E-state index >= 15 is 0 Å². The maximum atomic E-state index is 13.2. The number of aryl methyl sites for hydroxylation is 1. The number of hydrogen-bond acceptors (Lipinski definition) is 4. The minimum Gasteiger partial charge on any atom is -0.338 e. The topological polar surface area (TPSA) is 80.5 Å². The van der Waals surface area contributed by atoms with Crippen LogP contribution in [-0.2, 0) is 27.6 Å². The van der Waals surface area contributed by atoms with Gasteiger partial charge in [-0.2, -0.15) is 0 Å². The summed E-state index contributed by atoms with van der Waals surface area (Å²) in [7, 11) is -3.26. The summed E-state index contributed by atoms with van der Waals surface area (Å²) in [5, 5.41) is 0. The van der Waals surface area contributed by atoms with Gasteiger partial charge in [-0.05, 0) is 36.9 Å². The third-order valence-corrected chi connectivity index (χ3v) is 6.73. The monoisotopic (exact) mass is 396 g/mol. The zero-order valence-electron chi connectivity index (χ0n) is 17.3. The van der Waals surface area contributed by atoms with Gasteiger partial charge in [0.15, 0.2) is 9.84 Å². The molecular formula is C21H36N2O3S. The molecule has 5 nitrogen and oxygen atoms in total. The normalized spacial score (nSPS) is 12.2. The fraction of sp³-hybridized carbons (Fsp3) is 0.667. The lowest BCUT2D eigenvalue weighted by Gasteiger charge is -2.32. The van der Waals surface area contributed by atoms with Gasteiger partial charge in [-0.3, -0.25) is 4.79 Å². The highest BCUT2D eigenvalue weighted by atomic mass is 32.2. The van der Waals surface area contributed by atoms with Crippen LogP contribution in [0.1, 0.15) is 58.1 Å². The van der Waals surface area contributed by atoms with Gasteiger partial charge in [-0.1, -0.05) is 58.4 Å². The molecule has 0 aliphatic heterocycles. The van der Waals surface area contributed by atoms with Crippen molar-refractivity contribution in [2.45, 2.75) is 59.9 Å². The molecule has 1 amide bonds. The Morgan fingerprint density at radius 3 is 2.41 bits per heavy atom. The molecule has 0 saturated heterocycles. The van der Waals surface area contributed by atoms with Crippen LogP contribution in [0.3, 0.4) is 0 Å². The summed E-state index contributed by atoms with van der Waals surface area (Å²) in [5.74, 6) is -0.105. The van der Waals surface area contributed by atoms with E-state index in [9.17, 15) is 13.2 Å². The zero-order chi connectivity index (χ0) is 20.5. The summed E-state index contributed by atoms with van der Waals surface area (Å²) in [6.45, 7) is 9.03. The zero-order valence-corrected chi connectivity index (χ0v) is 18.1. The lowest BCUT2D eigenvalue weighted by Crippen LogP contribution is -2.45. The first-order chi connectivity index (χ1) is 12.6. The van der Waals surface area contributed by atoms with Crippen molar-refractivity contribution in [1.82, 2.24) is 4.90 Å². The number of hydrogen-bond donors (Lipinski definition) is 1. The van der Waals surface area contributed by atoms with Crippen molar-refractivity contribution < 1.29 is 13.2 Å². The van der Waals surface area contributed by atoms with Gasteiger partial charge in [-0.15, -0.1) is 0 Å². The third kappa shape index (κ3) is 8.01. The van der Waals surface area contributed by atoms with Crippen LogP contribution < -0.4 is 5.73 Å². The molecule has 0 aliphatic rings. The molecule has 2 N–H and O–H groups in total. The van der Waals surface area contributed by atoms with Gasteiger partial charge < -0.3 is 10.6 Å². The summed E-state index contributed by atoms with van der Waals surface area (Å²) in [6.07, 6.45) is 3.08. The maximum Gasteiger partial charge on any atom is 0.229 e. The van der Waals surface area contributed by atoms with Gasteiger partial charge in [0.2, 0.25) is 5.91 Å². The Bertz CT molecular complexity index is 699. The van der Waals surface area contributed by atoms with Crippen LogP contribution in [0.15, 0.2) is 24.3 Å². The smallest absolute Gasteiger partial charge is 0.229 e. The SMILES string of the molecule is CCCCS(=O)(=O)CC(C)(C)C(=O)N(CCCN)Cc1cccc(CC)c1. The summed E-state index contributed by atoms with van der Waals surface area (Å²) in [4.78, 5) is 15.0. The van der Waals surface area contributed by atoms with Gasteiger partial charge in [0, 0.05) is 13.1 Å². The first-order valence-corrected chi connectivity index (χ1v) is 11.7. The molecule has 27 heavy (non-hydrogen) atoms. The molecule has 1 aromatic carbocycles. The molecule has 0 fully saturated rings. The van der Waals surface area contributed by atoms with E-state index in [0.717, 1.165) is 18.4 Å². The number of nitrogens with two attached hydrogens (primary N) is 1. The minimum absolute atomic E-state index is 0.118. The van der Waals surface area contributed by atoms with Crippen molar-refractivity contribution in [1.29, 1.82) is 0 Å². The summed E-state index contributed by atoms with van der Waals surface area (Å²) < 4.78 is 24.8. The number of benzene rings is 1. The van der Waals surface area contributed by atoms with E-state index in [1.54, 1.807) is 18.7 Å². The van der Waals surface area contributed by atoms with Crippen LogP contribution >= 0.6 is 0 Å². The molecule has 0 aromatic heterocycles. The molecule has 6 heteroatoms. The van der Waals surface area contributed by atoms with E-state index in [1.165, 1.54) is 5.56 Å². The fourth-order valence-electron chi connectivity index (χ4n) is 3.18. The van der Waals surface area contributed by atoms with Crippen LogP contribution in [0.25, 0.3) is 0 Å². The Morgan fingerprint density at radius 2 is 1.81 bits per heavy atom. The van der Waals surface area contributed by atoms with Crippen LogP contribution in [-0.4, -0.2) is 43.8 Å². The number of amides is 1. The molecule has 1 aromatic rings. The highest BCUT2D eigenvalue weighted by Crippen LogP contribution is 2.24. The third-order valence-electron chi connectivity index (χ3n) is 4.66. The van der Waals surface area contributed by atoms with Crippen molar-refractivity contribution in [3.05, 3.63) is 35.4 Å². The van der Waals surface area contributed by atoms with E-state index in [4.69, 9.17) is 5.73 Å². The van der Waals surface area contributed by atoms with E-state index in [2.05, 4.69) is 19.1 Å². The highest BCUT2D eigenvalue weighted by molar-refractivity contribution is 7.91. The number of unbranched alkanes of at least 4 members (excludes halogenated alkanes) is 1. The molecule has 0 radical (unpaired) electrons. The molecule has 0 atom stereocenters. The number of carbonyl (C=O) groups excluding carboxylic acids is 1. The van der Waals surface area contributed by atoms with Gasteiger partial charge in [0.05, 0.1) is 16.9 Å². The maximum absolute atomic E-state index is 13.2. The Balaban J connectivity index is 2.97. The van der Waals surface area contributed by atoms with E-state index in [-0.39, 0.29) is 17.4 Å². The standard InChI is InChI=1S/C21H36N2O3S/c1-5-7-14-27(25,26)17-21(3,4)20(24)23(13-9-12-22)16-19-11-8-10-18(6-2)15-19/h8,10-11,15H,5-7,9,12-14,16-17,22H2,1-4H3. The van der Waals surface area contributed by atoms with E-state index in [1.807, 2.05) is 19.1 Å². The van der Waals surface area contributed by atoms with Gasteiger partial charge in [0.1, 0.15) is 0 Å². The van der Waals surface area contributed by atoms with Crippen LogP contribution in [0.4, 0.5) is 0 Å². The highest BCUT2D eigenvalue weighted by Gasteiger charge is 2.36. The number of nitrogens with zero attached hydrogens (tertiary/aromatic N) is 1. The Hall–Kier alpha value is -1.40. The first-order valence-electron chi connectivity index (χ1n) is 9.93. The van der Waals surface area contributed by atoms with Crippen LogP contribution in [0.5, 0.6) is 0 Å². The molecule has 0 heterocycles. The van der Waals surface area contributed by atoms with Crippen LogP contribution in [0.2, 0.25) is 0 Å². The Morgan fingerprint density at radius 1 is 1.15 bits per heavy atom. The predicted molar refractivity (Wildman–Crippen MR) is 112 cm³/mol. The minimum atomic E-state index is -3.26. The first kappa shape index (κ1) is 23.6. The molecule has 0 aliphatic carbocycles. The molecule has 0 saturated carbocycles. The van der Waals surface area contributed by atoms with Gasteiger partial charge in [0.25, 0.3) is 0 Å². The predicted octanol–water partition coefficient (Wildman–Crippen LogP) is 3.17. The Kier molecular flexibility index (Phi) is 9.47. The average molecular weight is 397 g/mol. The summed E-state index contributed by atoms with van der Waals surface area (Å²) >= 11 is 0. The summed E-state index contributed by atoms with van der Waals surface area (Å²) in [6, 6.07) is 8.18. The van der Waals surface area contributed by atoms with Crippen molar-refractivity contribution in [3.8, 4) is 0 Å².